The van der Waals surface area contributed by atoms with Crippen molar-refractivity contribution >= 4 is 15.8 Å². The van der Waals surface area contributed by atoms with Crippen molar-refractivity contribution in [3.8, 4) is 5.75 Å². The largest absolute Gasteiger partial charge is 0.508 e. The summed E-state index contributed by atoms with van der Waals surface area (Å²) in [5.41, 5.74) is -7.17. The van der Waals surface area contributed by atoms with Crippen LogP contribution in [0.2, 0.25) is 0 Å². The van der Waals surface area contributed by atoms with Gasteiger partial charge in [0.15, 0.2) is 9.84 Å². The normalized spacial score (nSPS) is 22.9. The van der Waals surface area contributed by atoms with Gasteiger partial charge in [-0.1, -0.05) is 18.2 Å². The third-order valence-corrected chi connectivity index (χ3v) is 10.1. The van der Waals surface area contributed by atoms with Crippen LogP contribution < -0.4 is 0 Å². The van der Waals surface area contributed by atoms with Crippen molar-refractivity contribution in [3.63, 3.8) is 0 Å². The number of ether oxygens (including phenoxy) is 1. The number of benzene rings is 2. The maximum Gasteiger partial charge on any atom is 0.430 e. The number of carbonyl (C=O) groups is 1. The van der Waals surface area contributed by atoms with Crippen molar-refractivity contribution in [2.24, 2.45) is 0 Å². The molecule has 7 nitrogen and oxygen atoms in total. The van der Waals surface area contributed by atoms with E-state index in [0.717, 1.165) is 35.2 Å². The number of fused-ring (bicyclic) bond motifs is 3. The zero-order valence-corrected chi connectivity index (χ0v) is 21.6. The molecular weight excluding hydrogens is 575 g/mol. The van der Waals surface area contributed by atoms with E-state index in [1.165, 1.54) is 6.92 Å². The first-order chi connectivity index (χ1) is 18.4. The highest BCUT2D eigenvalue weighted by Gasteiger charge is 2.72. The number of halogens is 7. The van der Waals surface area contributed by atoms with E-state index in [1.807, 2.05) is 0 Å². The maximum absolute atomic E-state index is 15.3. The van der Waals surface area contributed by atoms with E-state index in [4.69, 9.17) is 4.74 Å². The Balaban J connectivity index is 1.94. The van der Waals surface area contributed by atoms with Crippen molar-refractivity contribution in [2.45, 2.75) is 66.1 Å². The Kier molecular flexibility index (Phi) is 7.42. The van der Waals surface area contributed by atoms with Crippen molar-refractivity contribution in [1.29, 1.82) is 0 Å². The van der Waals surface area contributed by atoms with Crippen LogP contribution in [0.1, 0.15) is 36.5 Å². The molecule has 15 heteroatoms. The second-order valence-corrected chi connectivity index (χ2v) is 11.8. The summed E-state index contributed by atoms with van der Waals surface area (Å²) >= 11 is 0. The van der Waals surface area contributed by atoms with Gasteiger partial charge in [-0.2, -0.15) is 26.3 Å². The van der Waals surface area contributed by atoms with Crippen LogP contribution in [0.15, 0.2) is 47.4 Å². The van der Waals surface area contributed by atoms with Gasteiger partial charge in [0.25, 0.3) is 11.9 Å². The highest BCUT2D eigenvalue weighted by molar-refractivity contribution is 7.92. The number of sulfone groups is 1. The van der Waals surface area contributed by atoms with Crippen LogP contribution in [0.5, 0.6) is 5.75 Å². The number of esters is 1. The summed E-state index contributed by atoms with van der Waals surface area (Å²) in [6.07, 6.45) is -15.6. The van der Waals surface area contributed by atoms with Gasteiger partial charge in [0, 0.05) is 18.2 Å². The predicted octanol–water partition coefficient (Wildman–Crippen LogP) is 4.25. The fourth-order valence-electron chi connectivity index (χ4n) is 5.73. The van der Waals surface area contributed by atoms with E-state index in [0.29, 0.717) is 12.1 Å². The lowest BCUT2D eigenvalue weighted by molar-refractivity contribution is -0.376. The molecule has 0 amide bonds. The molecule has 0 spiro atoms. The molecule has 1 unspecified atom stereocenters. The lowest BCUT2D eigenvalue weighted by atomic mass is 9.76. The highest BCUT2D eigenvalue weighted by Crippen LogP contribution is 2.55. The Bertz CT molecular complexity index is 1380. The number of hydrogen-bond donors (Lipinski definition) is 2. The van der Waals surface area contributed by atoms with Crippen molar-refractivity contribution in [1.82, 2.24) is 4.90 Å². The van der Waals surface area contributed by atoms with Crippen LogP contribution in [0.3, 0.4) is 0 Å². The molecule has 2 aromatic carbocycles. The van der Waals surface area contributed by atoms with Gasteiger partial charge in [0.1, 0.15) is 10.5 Å². The van der Waals surface area contributed by atoms with Crippen molar-refractivity contribution in [2.75, 3.05) is 13.2 Å². The van der Waals surface area contributed by atoms with Crippen molar-refractivity contribution in [3.05, 3.63) is 59.2 Å². The molecule has 220 valence electrons. The Morgan fingerprint density at radius 3 is 2.25 bits per heavy atom. The molecule has 1 aliphatic carbocycles. The number of phenolic OH excluding ortho intramolecular Hbond substituents is 1. The third kappa shape index (κ3) is 4.33. The molecule has 3 atom stereocenters. The zero-order valence-electron chi connectivity index (χ0n) is 20.8. The first-order valence-electron chi connectivity index (χ1n) is 12.0. The summed E-state index contributed by atoms with van der Waals surface area (Å²) in [6, 6.07) is 4.62. The van der Waals surface area contributed by atoms with Crippen LogP contribution in [0, 0.1) is 0 Å². The molecule has 1 saturated heterocycles. The van der Waals surface area contributed by atoms with Gasteiger partial charge in [-0.25, -0.2) is 17.6 Å². The van der Waals surface area contributed by atoms with Crippen LogP contribution in [0.4, 0.5) is 30.7 Å². The van der Waals surface area contributed by atoms with Crippen LogP contribution in [0.25, 0.3) is 0 Å². The standard InChI is InChI=1S/C25H24F7NO6S/c1-2-39-21(35)20(26)33-12-11-22(40(37,38)17-7-5-16(34)6-8-17)18-9-4-15(13-14(18)3-10-19(22)33)23(36,24(27,28)29)25(30,31)32/h4-9,13,19-20,34,36H,2-3,10-12H2,1H3/t19-,20?,22-/m1/s1. The molecule has 4 rings (SSSR count). The molecule has 0 bridgehead atoms. The molecule has 1 fully saturated rings. The van der Waals surface area contributed by atoms with Gasteiger partial charge in [-0.15, -0.1) is 0 Å². The summed E-state index contributed by atoms with van der Waals surface area (Å²) in [6.45, 7) is 0.964. The van der Waals surface area contributed by atoms with Crippen molar-refractivity contribution < 1.29 is 58.9 Å². The summed E-state index contributed by atoms with van der Waals surface area (Å²) in [7, 11) is -4.58. The average molecular weight is 600 g/mol. The molecule has 0 saturated carbocycles. The van der Waals surface area contributed by atoms with Gasteiger partial charge in [0.2, 0.25) is 0 Å². The van der Waals surface area contributed by atoms with E-state index in [1.54, 1.807) is 0 Å². The van der Waals surface area contributed by atoms with Crippen LogP contribution in [-0.2, 0) is 36.1 Å². The van der Waals surface area contributed by atoms with Crippen LogP contribution >= 0.6 is 0 Å². The van der Waals surface area contributed by atoms with Gasteiger partial charge >= 0.3 is 18.3 Å². The van der Waals surface area contributed by atoms with Gasteiger partial charge < -0.3 is 14.9 Å². The molecule has 0 aromatic heterocycles. The third-order valence-electron chi connectivity index (χ3n) is 7.57. The minimum atomic E-state index is -6.16. The molecule has 1 heterocycles. The van der Waals surface area contributed by atoms with Gasteiger partial charge in [0.05, 0.1) is 11.5 Å². The lowest BCUT2D eigenvalue weighted by Gasteiger charge is -2.43. The van der Waals surface area contributed by atoms with Gasteiger partial charge in [-0.3, -0.25) is 4.90 Å². The molecule has 1 aliphatic heterocycles. The van der Waals surface area contributed by atoms with E-state index in [-0.39, 0.29) is 54.2 Å². The molecule has 2 N–H and O–H groups in total. The first kappa shape index (κ1) is 30.1. The first-order valence-corrected chi connectivity index (χ1v) is 13.5. The number of phenols is 1. The minimum absolute atomic E-state index is 0.165. The smallest absolute Gasteiger partial charge is 0.430 e. The number of alkyl halides is 7. The van der Waals surface area contributed by atoms with E-state index in [2.05, 4.69) is 0 Å². The second-order valence-electron chi connectivity index (χ2n) is 9.59. The van der Waals surface area contributed by atoms with Crippen LogP contribution in [-0.4, -0.2) is 67.3 Å². The zero-order chi connectivity index (χ0) is 29.9. The quantitative estimate of drug-likeness (QED) is 0.291. The Morgan fingerprint density at radius 2 is 1.70 bits per heavy atom. The average Bonchev–Trinajstić information content (AvgIpc) is 3.28. The monoisotopic (exact) mass is 599 g/mol. The predicted molar refractivity (Wildman–Crippen MR) is 124 cm³/mol. The summed E-state index contributed by atoms with van der Waals surface area (Å²) < 4.78 is 128. The number of likely N-dealkylation sites (tertiary alicyclic amines) is 1. The fraction of sp³-hybridized carbons (Fsp3) is 0.480. The molecular formula is C25H24F7NO6S. The van der Waals surface area contributed by atoms with E-state index < -0.39 is 56.4 Å². The molecule has 2 aliphatic rings. The Hall–Kier alpha value is -2.91. The Labute approximate surface area is 224 Å². The topological polar surface area (TPSA) is 104 Å². The summed E-state index contributed by atoms with van der Waals surface area (Å²) in [5.74, 6) is -1.55. The maximum atomic E-state index is 15.3. The SMILES string of the molecule is CCOC(=O)C(F)N1CC[C@@]2(S(=O)(=O)c3ccc(O)cc3)c3ccc(C(O)(C(F)(F)F)C(F)(F)F)cc3CC[C@@H]12. The highest BCUT2D eigenvalue weighted by atomic mass is 32.2. The second kappa shape index (κ2) is 9.87. The number of hydrogen-bond acceptors (Lipinski definition) is 7. The number of aromatic hydroxyl groups is 1. The number of aryl methyl sites for hydroxylation is 1. The number of carbonyl (C=O) groups excluding carboxylic acids is 1. The summed E-state index contributed by atoms with van der Waals surface area (Å²) in [5, 5.41) is 19.5. The minimum Gasteiger partial charge on any atom is -0.508 e. The fourth-order valence-corrected chi connectivity index (χ4v) is 8.10. The lowest BCUT2D eigenvalue weighted by Crippen LogP contribution is -2.55. The molecule has 40 heavy (non-hydrogen) atoms. The summed E-state index contributed by atoms with van der Waals surface area (Å²) in [4.78, 5) is 12.8. The van der Waals surface area contributed by atoms with E-state index >= 15 is 4.39 Å². The number of nitrogens with zero attached hydrogens (tertiary/aromatic N) is 1. The Morgan fingerprint density at radius 1 is 1.10 bits per heavy atom. The number of rotatable bonds is 6. The van der Waals surface area contributed by atoms with E-state index in [9.17, 15) is 49.8 Å². The number of aliphatic hydroxyl groups is 1. The molecule has 2 aromatic rings. The van der Waals surface area contributed by atoms with Gasteiger partial charge in [-0.05, 0) is 61.6 Å². The molecule has 0 radical (unpaired) electrons.